The minimum atomic E-state index is 1.11. The first-order valence-corrected chi connectivity index (χ1v) is 6.42. The van der Waals surface area contributed by atoms with Crippen molar-refractivity contribution >= 4 is 24.3 Å². The van der Waals surface area contributed by atoms with Gasteiger partial charge in [0.25, 0.3) is 0 Å². The van der Waals surface area contributed by atoms with Crippen LogP contribution in [0.5, 0.6) is 0 Å². The maximum absolute atomic E-state index is 3.57. The maximum Gasteiger partial charge on any atom is -0.0133 e. The summed E-state index contributed by atoms with van der Waals surface area (Å²) in [6.45, 7) is 7.14. The van der Waals surface area contributed by atoms with Crippen LogP contribution in [0.1, 0.15) is 22.3 Å². The van der Waals surface area contributed by atoms with Crippen LogP contribution < -0.4 is 0 Å². The van der Waals surface area contributed by atoms with Gasteiger partial charge in [-0.2, -0.15) is 0 Å². The van der Waals surface area contributed by atoms with Gasteiger partial charge in [-0.15, -0.1) is 11.5 Å². The molecule has 2 aromatic carbocycles. The second-order valence-electron chi connectivity index (χ2n) is 4.36. The van der Waals surface area contributed by atoms with Gasteiger partial charge in [0, 0.05) is 0 Å². The maximum atomic E-state index is 3.57. The van der Waals surface area contributed by atoms with Crippen molar-refractivity contribution in [1.82, 2.24) is 0 Å². The van der Waals surface area contributed by atoms with E-state index in [1.165, 1.54) is 11.1 Å². The lowest BCUT2D eigenvalue weighted by Gasteiger charge is -1.97. The van der Waals surface area contributed by atoms with Crippen LogP contribution in [0.15, 0.2) is 73.2 Å². The van der Waals surface area contributed by atoms with Crippen LogP contribution in [0.4, 0.5) is 0 Å². The molecular weight excluding hydrogens is 240 g/mol. The van der Waals surface area contributed by atoms with E-state index in [1.54, 1.807) is 0 Å². The van der Waals surface area contributed by atoms with E-state index in [9.17, 15) is 0 Å². The zero-order valence-electron chi connectivity index (χ0n) is 11.3. The van der Waals surface area contributed by atoms with Gasteiger partial charge in [-0.25, -0.2) is 0 Å². The average Bonchev–Trinajstić information content (AvgIpc) is 2.49. The Morgan fingerprint density at radius 1 is 0.550 bits per heavy atom. The van der Waals surface area contributed by atoms with Crippen molar-refractivity contribution in [2.75, 3.05) is 0 Å². The smallest absolute Gasteiger partial charge is 0.0133 e. The van der Waals surface area contributed by atoms with Gasteiger partial charge in [0.05, 0.1) is 0 Å². The molecule has 0 heteroatoms. The van der Waals surface area contributed by atoms with E-state index < -0.39 is 0 Å². The van der Waals surface area contributed by atoms with Crippen LogP contribution >= 0.6 is 0 Å². The number of hydrogen-bond donors (Lipinski definition) is 0. The molecule has 0 bridgehead atoms. The lowest BCUT2D eigenvalue weighted by atomic mass is 10.1. The molecule has 0 aliphatic heterocycles. The van der Waals surface area contributed by atoms with Crippen LogP contribution in [0.2, 0.25) is 0 Å². The van der Waals surface area contributed by atoms with Gasteiger partial charge in [0.15, 0.2) is 0 Å². The molecule has 0 unspecified atom stereocenters. The van der Waals surface area contributed by atoms with Crippen molar-refractivity contribution < 1.29 is 0 Å². The molecular formula is C20H16. The van der Waals surface area contributed by atoms with Gasteiger partial charge in [0.1, 0.15) is 0 Å². The molecule has 0 aliphatic rings. The highest BCUT2D eigenvalue weighted by atomic mass is 14.0. The monoisotopic (exact) mass is 256 g/mol. The second-order valence-corrected chi connectivity index (χ2v) is 4.36. The lowest BCUT2D eigenvalue weighted by molar-refractivity contribution is 1.61. The zero-order chi connectivity index (χ0) is 14.2. The molecule has 20 heavy (non-hydrogen) atoms. The molecule has 0 atom stereocenters. The number of hydrogen-bond acceptors (Lipinski definition) is 0. The lowest BCUT2D eigenvalue weighted by Crippen LogP contribution is -1.76. The summed E-state index contributed by atoms with van der Waals surface area (Å²) in [4.78, 5) is 0. The third-order valence-corrected chi connectivity index (χ3v) is 2.88. The first-order chi connectivity index (χ1) is 9.81. The summed E-state index contributed by atoms with van der Waals surface area (Å²) in [7, 11) is 0. The molecule has 2 aromatic rings. The summed E-state index contributed by atoms with van der Waals surface area (Å²) in [5.41, 5.74) is 10.1. The standard InChI is InChI=1S/C20H16/c1-3-5-17-7-11-19(12-8-17)15-16-20-13-9-18(6-4-2)10-14-20/h5-16H,1-2H2/b16-15+. The Morgan fingerprint density at radius 3 is 1.15 bits per heavy atom. The van der Waals surface area contributed by atoms with Crippen molar-refractivity contribution in [2.24, 2.45) is 0 Å². The van der Waals surface area contributed by atoms with E-state index in [4.69, 9.17) is 0 Å². The fraction of sp³-hybridized carbons (Fsp3) is 0. The number of benzene rings is 2. The van der Waals surface area contributed by atoms with Crippen molar-refractivity contribution in [2.45, 2.75) is 0 Å². The molecule has 0 nitrogen and oxygen atoms in total. The molecule has 0 radical (unpaired) electrons. The van der Waals surface area contributed by atoms with E-state index in [2.05, 4.69) is 85.3 Å². The Labute approximate surface area is 120 Å². The van der Waals surface area contributed by atoms with Crippen LogP contribution in [0.3, 0.4) is 0 Å². The predicted octanol–water partition coefficient (Wildman–Crippen LogP) is 5.45. The highest BCUT2D eigenvalue weighted by molar-refractivity contribution is 5.70. The fourth-order valence-electron chi connectivity index (χ4n) is 1.83. The molecule has 0 aliphatic carbocycles. The molecule has 0 N–H and O–H groups in total. The Hall–Kier alpha value is -2.78. The highest BCUT2D eigenvalue weighted by Crippen LogP contribution is 2.12. The Bertz CT molecular complexity index is 621. The Balaban J connectivity index is 2.12. The molecule has 0 aromatic heterocycles. The van der Waals surface area contributed by atoms with Crippen LogP contribution in [0, 0.1) is 0 Å². The van der Waals surface area contributed by atoms with Crippen LogP contribution in [0.25, 0.3) is 24.3 Å². The summed E-state index contributed by atoms with van der Waals surface area (Å²) >= 11 is 0. The van der Waals surface area contributed by atoms with E-state index in [0.29, 0.717) is 0 Å². The minimum absolute atomic E-state index is 1.11. The molecule has 0 heterocycles. The summed E-state index contributed by atoms with van der Waals surface area (Å²) in [5, 5.41) is 0. The van der Waals surface area contributed by atoms with E-state index in [1.807, 2.05) is 12.2 Å². The summed E-state index contributed by atoms with van der Waals surface area (Å²) in [6.07, 6.45) is 7.91. The molecule has 0 saturated heterocycles. The third kappa shape index (κ3) is 3.86. The molecule has 0 fully saturated rings. The molecule has 0 amide bonds. The predicted molar refractivity (Wildman–Crippen MR) is 89.0 cm³/mol. The van der Waals surface area contributed by atoms with Crippen molar-refractivity contribution in [3.8, 4) is 0 Å². The molecule has 2 rings (SSSR count). The average molecular weight is 256 g/mol. The Morgan fingerprint density at radius 2 is 0.850 bits per heavy atom. The summed E-state index contributed by atoms with van der Waals surface area (Å²) in [5.74, 6) is 0. The van der Waals surface area contributed by atoms with Gasteiger partial charge in [0.2, 0.25) is 0 Å². The van der Waals surface area contributed by atoms with Crippen molar-refractivity contribution in [3.63, 3.8) is 0 Å². The third-order valence-electron chi connectivity index (χ3n) is 2.88. The van der Waals surface area contributed by atoms with Gasteiger partial charge < -0.3 is 0 Å². The quantitative estimate of drug-likeness (QED) is 0.504. The summed E-state index contributed by atoms with van der Waals surface area (Å²) in [6, 6.07) is 16.5. The normalized spacial score (nSPS) is 9.80. The van der Waals surface area contributed by atoms with E-state index in [0.717, 1.165) is 11.1 Å². The van der Waals surface area contributed by atoms with Gasteiger partial charge >= 0.3 is 0 Å². The van der Waals surface area contributed by atoms with Gasteiger partial charge in [-0.1, -0.05) is 73.8 Å². The van der Waals surface area contributed by atoms with Crippen molar-refractivity contribution in [1.29, 1.82) is 0 Å². The van der Waals surface area contributed by atoms with Crippen molar-refractivity contribution in [3.05, 3.63) is 95.4 Å². The second kappa shape index (κ2) is 6.97. The van der Waals surface area contributed by atoms with Gasteiger partial charge in [-0.3, -0.25) is 0 Å². The summed E-state index contributed by atoms with van der Waals surface area (Å²) < 4.78 is 0. The van der Waals surface area contributed by atoms with E-state index in [-0.39, 0.29) is 0 Å². The molecule has 0 spiro atoms. The Kier molecular flexibility index (Phi) is 4.76. The fourth-order valence-corrected chi connectivity index (χ4v) is 1.83. The van der Waals surface area contributed by atoms with Crippen LogP contribution in [-0.4, -0.2) is 0 Å². The highest BCUT2D eigenvalue weighted by Gasteiger charge is 1.90. The number of rotatable bonds is 4. The van der Waals surface area contributed by atoms with E-state index >= 15 is 0 Å². The topological polar surface area (TPSA) is 0 Å². The minimum Gasteiger partial charge on any atom is -0.128 e. The van der Waals surface area contributed by atoms with Crippen LogP contribution in [-0.2, 0) is 0 Å². The molecule has 96 valence electrons. The zero-order valence-corrected chi connectivity index (χ0v) is 11.3. The first-order valence-electron chi connectivity index (χ1n) is 6.42. The SMILES string of the molecule is C=C=Cc1ccc(/C=C/c2ccc(C=C=C)cc2)cc1. The van der Waals surface area contributed by atoms with Gasteiger partial charge in [-0.05, 0) is 34.4 Å². The molecule has 0 saturated carbocycles. The largest absolute Gasteiger partial charge is 0.128 e. The first kappa shape index (κ1) is 13.6.